The van der Waals surface area contributed by atoms with Crippen LogP contribution in [0, 0.1) is 0 Å². The largest absolute Gasteiger partial charge is 0.478 e. The van der Waals surface area contributed by atoms with Crippen LogP contribution in [0.5, 0.6) is 0 Å². The standard InChI is InChI=1S/2C8H17.C7H15O2.Al/c2*1-3-5-7-8-6-4-2;1-4-5-7(8)9-6(2)3;/h2*1,3-8H2,2H3;6-7H,4-5H2,1-3H3;/q;;-1;+1. The molecule has 0 saturated heterocycles. The van der Waals surface area contributed by atoms with Crippen LogP contribution in [0.1, 0.15) is 125 Å². The van der Waals surface area contributed by atoms with Crippen molar-refractivity contribution in [2.45, 2.75) is 147 Å². The average Bonchev–Trinajstić information content (AvgIpc) is 2.60. The van der Waals surface area contributed by atoms with E-state index in [9.17, 15) is 0 Å². The smallest absolute Gasteiger partial charge is 0.462 e. The van der Waals surface area contributed by atoms with Gasteiger partial charge in [0, 0.05) is 0 Å². The van der Waals surface area contributed by atoms with Crippen LogP contribution in [0.4, 0.5) is 0 Å². The molecule has 0 aliphatic heterocycles. The van der Waals surface area contributed by atoms with E-state index in [4.69, 9.17) is 8.53 Å². The molecule has 0 aliphatic rings. The molecule has 0 rings (SSSR count). The van der Waals surface area contributed by atoms with Gasteiger partial charge in [-0.25, -0.2) is 0 Å². The van der Waals surface area contributed by atoms with Gasteiger partial charge in [0.1, 0.15) is 6.29 Å². The highest BCUT2D eigenvalue weighted by molar-refractivity contribution is 6.51. The molecule has 0 fully saturated rings. The zero-order valence-electron chi connectivity index (χ0n) is 18.9. The Morgan fingerprint density at radius 2 is 1.08 bits per heavy atom. The summed E-state index contributed by atoms with van der Waals surface area (Å²) in [6, 6.07) is 0. The highest BCUT2D eigenvalue weighted by atomic mass is 27.2. The molecule has 0 aromatic carbocycles. The first kappa shape index (κ1) is 26.5. The predicted molar refractivity (Wildman–Crippen MR) is 118 cm³/mol. The predicted octanol–water partition coefficient (Wildman–Crippen LogP) is 8.27. The van der Waals surface area contributed by atoms with E-state index >= 15 is 0 Å². The Balaban J connectivity index is 4.22. The Kier molecular flexibility index (Phi) is 20.5. The molecule has 156 valence electrons. The highest BCUT2D eigenvalue weighted by Gasteiger charge is 2.24. The third-order valence-corrected chi connectivity index (χ3v) is 7.84. The minimum absolute atomic E-state index is 0.0526. The van der Waals surface area contributed by atoms with E-state index in [1.807, 2.05) is 0 Å². The molecule has 0 aromatic heterocycles. The maximum atomic E-state index is 6.57. The van der Waals surface area contributed by atoms with E-state index < -0.39 is 14.5 Å². The van der Waals surface area contributed by atoms with Gasteiger partial charge in [0.2, 0.25) is 0 Å². The second-order valence-electron chi connectivity index (χ2n) is 8.27. The minimum atomic E-state index is -1.12. The van der Waals surface area contributed by atoms with Gasteiger partial charge >= 0.3 is 14.5 Å². The van der Waals surface area contributed by atoms with Crippen molar-refractivity contribution < 1.29 is 8.53 Å². The molecule has 2 nitrogen and oxygen atoms in total. The van der Waals surface area contributed by atoms with Crippen molar-refractivity contribution >= 4 is 14.5 Å². The summed E-state index contributed by atoms with van der Waals surface area (Å²) in [7, 11) is 0. The Labute approximate surface area is 170 Å². The molecule has 26 heavy (non-hydrogen) atoms. The van der Waals surface area contributed by atoms with Crippen LogP contribution in [-0.2, 0) is 8.53 Å². The third kappa shape index (κ3) is 17.8. The third-order valence-electron chi connectivity index (χ3n) is 5.05. The minimum Gasteiger partial charge on any atom is -0.478 e. The maximum Gasteiger partial charge on any atom is 0.462 e. The second-order valence-corrected chi connectivity index (χ2v) is 10.9. The van der Waals surface area contributed by atoms with Gasteiger partial charge in [-0.1, -0.05) is 115 Å². The summed E-state index contributed by atoms with van der Waals surface area (Å²) < 4.78 is 12.6. The van der Waals surface area contributed by atoms with Crippen LogP contribution in [0.15, 0.2) is 0 Å². The molecule has 0 aromatic rings. The van der Waals surface area contributed by atoms with Crippen molar-refractivity contribution in [3.63, 3.8) is 0 Å². The Bertz CT molecular complexity index is 255. The molecule has 0 bridgehead atoms. The zero-order chi connectivity index (χ0) is 19.5. The number of hydrogen-bond donors (Lipinski definition) is 0. The van der Waals surface area contributed by atoms with Crippen LogP contribution in [0.25, 0.3) is 0 Å². The van der Waals surface area contributed by atoms with E-state index in [-0.39, 0.29) is 12.4 Å². The van der Waals surface area contributed by atoms with Crippen molar-refractivity contribution in [2.75, 3.05) is 0 Å². The molecular weight excluding hydrogens is 335 g/mol. The van der Waals surface area contributed by atoms with Crippen molar-refractivity contribution in [2.24, 2.45) is 0 Å². The van der Waals surface area contributed by atoms with E-state index in [0.29, 0.717) is 0 Å². The first-order chi connectivity index (χ1) is 12.6. The van der Waals surface area contributed by atoms with Gasteiger partial charge in [-0.05, 0) is 20.3 Å². The van der Waals surface area contributed by atoms with Gasteiger partial charge in [0.05, 0.1) is 6.10 Å². The molecule has 0 saturated carbocycles. The average molecular weight is 385 g/mol. The van der Waals surface area contributed by atoms with Gasteiger partial charge in [-0.3, -0.25) is 0 Å². The van der Waals surface area contributed by atoms with Crippen LogP contribution < -0.4 is 0 Å². The number of rotatable bonds is 20. The molecular formula is C23H49AlO2. The van der Waals surface area contributed by atoms with E-state index in [0.717, 1.165) is 12.8 Å². The van der Waals surface area contributed by atoms with E-state index in [1.54, 1.807) is 0 Å². The fourth-order valence-electron chi connectivity index (χ4n) is 3.51. The molecule has 3 heteroatoms. The van der Waals surface area contributed by atoms with Crippen LogP contribution in [0.2, 0.25) is 10.6 Å². The van der Waals surface area contributed by atoms with E-state index in [2.05, 4.69) is 34.6 Å². The highest BCUT2D eigenvalue weighted by Crippen LogP contribution is 2.19. The van der Waals surface area contributed by atoms with Crippen molar-refractivity contribution in [1.29, 1.82) is 0 Å². The topological polar surface area (TPSA) is 18.5 Å². The molecule has 0 aliphatic carbocycles. The lowest BCUT2D eigenvalue weighted by atomic mass is 10.1. The molecule has 0 amide bonds. The molecule has 1 atom stereocenters. The quantitative estimate of drug-likeness (QED) is 0.119. The Morgan fingerprint density at radius 3 is 1.50 bits per heavy atom. The Morgan fingerprint density at radius 1 is 0.615 bits per heavy atom. The molecule has 0 heterocycles. The van der Waals surface area contributed by atoms with Gasteiger partial charge in [0.15, 0.2) is 0 Å². The lowest BCUT2D eigenvalue weighted by molar-refractivity contribution is -0.114. The van der Waals surface area contributed by atoms with Crippen molar-refractivity contribution in [1.82, 2.24) is 0 Å². The number of unbranched alkanes of at least 4 members (excludes halogenated alkanes) is 10. The molecule has 0 spiro atoms. The van der Waals surface area contributed by atoms with Gasteiger partial charge in [0.25, 0.3) is 0 Å². The summed E-state index contributed by atoms with van der Waals surface area (Å²) in [5, 5.41) is 2.70. The fourth-order valence-corrected chi connectivity index (χ4v) is 6.19. The van der Waals surface area contributed by atoms with Crippen LogP contribution in [-0.4, -0.2) is 26.9 Å². The summed E-state index contributed by atoms with van der Waals surface area (Å²) >= 11 is -1.12. The molecule has 0 N–H and O–H groups in total. The normalized spacial score (nSPS) is 12.7. The zero-order valence-corrected chi connectivity index (χ0v) is 20.0. The lowest BCUT2D eigenvalue weighted by Crippen LogP contribution is -2.30. The Hall–Kier alpha value is 0.452. The lowest BCUT2D eigenvalue weighted by Gasteiger charge is -2.25. The van der Waals surface area contributed by atoms with Gasteiger partial charge in [-0.15, -0.1) is 0 Å². The van der Waals surface area contributed by atoms with Crippen LogP contribution in [0.3, 0.4) is 0 Å². The monoisotopic (exact) mass is 384 g/mol. The number of ether oxygens (including phenoxy) is 1. The summed E-state index contributed by atoms with van der Waals surface area (Å²) in [6.45, 7) is 11.1. The first-order valence-electron chi connectivity index (χ1n) is 11.9. The molecule has 1 unspecified atom stereocenters. The second kappa shape index (κ2) is 20.2. The first-order valence-corrected chi connectivity index (χ1v) is 14.0. The van der Waals surface area contributed by atoms with Gasteiger partial charge < -0.3 is 8.53 Å². The SMILES string of the molecule is CCCCCCC[CH2][Al]([CH2]CCCCCCC)[O]C(CCC)OC(C)C. The molecule has 0 radical (unpaired) electrons. The summed E-state index contributed by atoms with van der Waals surface area (Å²) in [5.74, 6) is 0. The van der Waals surface area contributed by atoms with Crippen LogP contribution >= 0.6 is 0 Å². The summed E-state index contributed by atoms with van der Waals surface area (Å²) in [6.07, 6.45) is 19.2. The number of hydrogen-bond acceptors (Lipinski definition) is 2. The fraction of sp³-hybridized carbons (Fsp3) is 1.00. The van der Waals surface area contributed by atoms with Crippen molar-refractivity contribution in [3.05, 3.63) is 0 Å². The van der Waals surface area contributed by atoms with Crippen molar-refractivity contribution in [3.8, 4) is 0 Å². The summed E-state index contributed by atoms with van der Waals surface area (Å²) in [4.78, 5) is 0. The van der Waals surface area contributed by atoms with E-state index in [1.165, 1.54) is 87.6 Å². The summed E-state index contributed by atoms with van der Waals surface area (Å²) in [5.41, 5.74) is 0. The maximum absolute atomic E-state index is 6.57. The van der Waals surface area contributed by atoms with Gasteiger partial charge in [-0.2, -0.15) is 0 Å².